The number of halogens is 1. The summed E-state index contributed by atoms with van der Waals surface area (Å²) in [5.74, 6) is 0.883. The summed E-state index contributed by atoms with van der Waals surface area (Å²) in [5, 5.41) is 3.51. The molecule has 1 aromatic carbocycles. The molecule has 0 radical (unpaired) electrons. The van der Waals surface area contributed by atoms with Gasteiger partial charge in [-0.25, -0.2) is 0 Å². The predicted molar refractivity (Wildman–Crippen MR) is 113 cm³/mol. The van der Waals surface area contributed by atoms with Crippen molar-refractivity contribution in [1.82, 2.24) is 20.2 Å². The first-order chi connectivity index (χ1) is 13.4. The third-order valence-corrected chi connectivity index (χ3v) is 4.84. The molecular weight excluding hydrogens is 372 g/mol. The summed E-state index contributed by atoms with van der Waals surface area (Å²) in [6.45, 7) is 4.37. The van der Waals surface area contributed by atoms with Crippen LogP contribution in [0.1, 0.15) is 22.9 Å². The molecule has 0 bridgehead atoms. The van der Waals surface area contributed by atoms with Crippen LogP contribution >= 0.6 is 12.4 Å². The van der Waals surface area contributed by atoms with Gasteiger partial charge in [-0.05, 0) is 47.5 Å². The Morgan fingerprint density at radius 1 is 1.04 bits per heavy atom. The topological polar surface area (TPSA) is 50.3 Å². The van der Waals surface area contributed by atoms with Crippen LogP contribution < -0.4 is 10.1 Å². The first-order valence-electron chi connectivity index (χ1n) is 9.35. The quantitative estimate of drug-likeness (QED) is 0.689. The van der Waals surface area contributed by atoms with Crippen molar-refractivity contribution in [1.29, 1.82) is 0 Å². The van der Waals surface area contributed by atoms with Crippen LogP contribution in [0.4, 0.5) is 0 Å². The van der Waals surface area contributed by atoms with E-state index in [2.05, 4.69) is 50.5 Å². The molecule has 6 heteroatoms. The Hall–Kier alpha value is -2.47. The fourth-order valence-electron chi connectivity index (χ4n) is 3.46. The van der Waals surface area contributed by atoms with Crippen LogP contribution in [-0.4, -0.2) is 34.5 Å². The minimum Gasteiger partial charge on any atom is -0.487 e. The van der Waals surface area contributed by atoms with Gasteiger partial charge in [-0.3, -0.25) is 14.9 Å². The van der Waals surface area contributed by atoms with E-state index in [9.17, 15) is 0 Å². The summed E-state index contributed by atoms with van der Waals surface area (Å²) >= 11 is 0. The van der Waals surface area contributed by atoms with Gasteiger partial charge in [0.1, 0.15) is 12.4 Å². The molecule has 0 saturated carbocycles. The molecule has 1 saturated heterocycles. The zero-order valence-corrected chi connectivity index (χ0v) is 16.5. The Balaban J connectivity index is 0.00000225. The standard InChI is InChI=1S/C22H24N4O.ClH/c1-2-9-25-20(5-1)17-27-21-6-3-4-18(14-21)16-26-13-12-24-15-22(26)19-7-10-23-11-8-19;/h1-11,14,22,24H,12-13,15-17H2;1H. The summed E-state index contributed by atoms with van der Waals surface area (Å²) < 4.78 is 5.93. The van der Waals surface area contributed by atoms with Crippen LogP contribution in [0.5, 0.6) is 5.75 Å². The SMILES string of the molecule is Cl.c1ccc(COc2cccc(CN3CCNCC3c3ccncc3)c2)nc1. The number of piperazine rings is 1. The van der Waals surface area contributed by atoms with E-state index in [1.807, 2.05) is 36.7 Å². The van der Waals surface area contributed by atoms with Crippen molar-refractivity contribution in [3.63, 3.8) is 0 Å². The molecule has 28 heavy (non-hydrogen) atoms. The maximum atomic E-state index is 5.93. The lowest BCUT2D eigenvalue weighted by Crippen LogP contribution is -2.45. The van der Waals surface area contributed by atoms with Crippen LogP contribution in [0, 0.1) is 0 Å². The van der Waals surface area contributed by atoms with Crippen molar-refractivity contribution >= 4 is 12.4 Å². The largest absolute Gasteiger partial charge is 0.487 e. The van der Waals surface area contributed by atoms with Gasteiger partial charge in [-0.2, -0.15) is 0 Å². The molecule has 146 valence electrons. The van der Waals surface area contributed by atoms with Crippen LogP contribution in [0.25, 0.3) is 0 Å². The summed E-state index contributed by atoms with van der Waals surface area (Å²) in [5.41, 5.74) is 3.50. The van der Waals surface area contributed by atoms with Gasteiger partial charge in [0.15, 0.2) is 0 Å². The second-order valence-corrected chi connectivity index (χ2v) is 6.73. The average molecular weight is 397 g/mol. The van der Waals surface area contributed by atoms with Crippen molar-refractivity contribution in [3.8, 4) is 5.75 Å². The van der Waals surface area contributed by atoms with Crippen molar-refractivity contribution in [2.24, 2.45) is 0 Å². The average Bonchev–Trinajstić information content (AvgIpc) is 2.74. The fourth-order valence-corrected chi connectivity index (χ4v) is 3.46. The summed E-state index contributed by atoms with van der Waals surface area (Å²) in [6, 6.07) is 18.8. The molecule has 1 fully saturated rings. The number of rotatable bonds is 6. The second kappa shape index (κ2) is 10.2. The highest BCUT2D eigenvalue weighted by Crippen LogP contribution is 2.25. The molecule has 3 heterocycles. The Morgan fingerprint density at radius 2 is 1.93 bits per heavy atom. The van der Waals surface area contributed by atoms with E-state index in [4.69, 9.17) is 4.74 Å². The van der Waals surface area contributed by atoms with E-state index < -0.39 is 0 Å². The predicted octanol–water partition coefficient (Wildman–Crippen LogP) is 3.62. The number of hydrogen-bond acceptors (Lipinski definition) is 5. The molecule has 3 aromatic rings. The molecule has 1 N–H and O–H groups in total. The maximum Gasteiger partial charge on any atom is 0.130 e. The lowest BCUT2D eigenvalue weighted by atomic mass is 10.0. The van der Waals surface area contributed by atoms with Gasteiger partial charge in [-0.15, -0.1) is 12.4 Å². The van der Waals surface area contributed by atoms with Crippen LogP contribution in [-0.2, 0) is 13.2 Å². The monoisotopic (exact) mass is 396 g/mol. The zero-order chi connectivity index (χ0) is 18.3. The van der Waals surface area contributed by atoms with Crippen LogP contribution in [0.2, 0.25) is 0 Å². The minimum atomic E-state index is 0. The molecule has 1 aliphatic heterocycles. The van der Waals surface area contributed by atoms with Gasteiger partial charge in [0.05, 0.1) is 5.69 Å². The molecule has 0 amide bonds. The first kappa shape index (κ1) is 20.3. The molecule has 4 rings (SSSR count). The van der Waals surface area contributed by atoms with E-state index in [0.29, 0.717) is 12.6 Å². The smallest absolute Gasteiger partial charge is 0.130 e. The van der Waals surface area contributed by atoms with Gasteiger partial charge >= 0.3 is 0 Å². The highest BCUT2D eigenvalue weighted by Gasteiger charge is 2.23. The number of pyridine rings is 2. The number of benzene rings is 1. The first-order valence-corrected chi connectivity index (χ1v) is 9.35. The van der Waals surface area contributed by atoms with E-state index in [0.717, 1.165) is 37.6 Å². The lowest BCUT2D eigenvalue weighted by Gasteiger charge is -2.36. The third kappa shape index (κ3) is 5.29. The summed E-state index contributed by atoms with van der Waals surface area (Å²) in [6.07, 6.45) is 5.53. The number of ether oxygens (including phenoxy) is 1. The van der Waals surface area contributed by atoms with Crippen molar-refractivity contribution in [2.75, 3.05) is 19.6 Å². The van der Waals surface area contributed by atoms with Crippen LogP contribution in [0.15, 0.2) is 73.2 Å². The molecule has 1 unspecified atom stereocenters. The Labute approximate surface area is 172 Å². The van der Waals surface area contributed by atoms with Crippen molar-refractivity contribution in [3.05, 3.63) is 90.0 Å². The molecule has 5 nitrogen and oxygen atoms in total. The molecule has 2 aromatic heterocycles. The Kier molecular flexibility index (Phi) is 7.37. The van der Waals surface area contributed by atoms with Gasteiger partial charge in [0.2, 0.25) is 0 Å². The summed E-state index contributed by atoms with van der Waals surface area (Å²) in [4.78, 5) is 11.0. The third-order valence-electron chi connectivity index (χ3n) is 4.84. The number of nitrogens with zero attached hydrogens (tertiary/aromatic N) is 3. The van der Waals surface area contributed by atoms with Gasteiger partial charge in [0.25, 0.3) is 0 Å². The minimum absolute atomic E-state index is 0. The van der Waals surface area contributed by atoms with Crippen molar-refractivity contribution < 1.29 is 4.74 Å². The highest BCUT2D eigenvalue weighted by molar-refractivity contribution is 5.85. The van der Waals surface area contributed by atoms with Crippen molar-refractivity contribution in [2.45, 2.75) is 19.2 Å². The number of hydrogen-bond donors (Lipinski definition) is 1. The normalized spacial score (nSPS) is 16.9. The Bertz CT molecular complexity index is 847. The fraction of sp³-hybridized carbons (Fsp3) is 0.273. The Morgan fingerprint density at radius 3 is 2.75 bits per heavy atom. The molecule has 1 atom stereocenters. The van der Waals surface area contributed by atoms with E-state index >= 15 is 0 Å². The van der Waals surface area contributed by atoms with Gasteiger partial charge in [-0.1, -0.05) is 18.2 Å². The molecule has 0 aliphatic carbocycles. The van der Waals surface area contributed by atoms with Gasteiger partial charge in [0, 0.05) is 50.8 Å². The number of aromatic nitrogens is 2. The lowest BCUT2D eigenvalue weighted by molar-refractivity contribution is 0.153. The van der Waals surface area contributed by atoms with E-state index in [1.54, 1.807) is 6.20 Å². The highest BCUT2D eigenvalue weighted by atomic mass is 35.5. The van der Waals surface area contributed by atoms with Gasteiger partial charge < -0.3 is 10.1 Å². The van der Waals surface area contributed by atoms with E-state index in [1.165, 1.54) is 11.1 Å². The second-order valence-electron chi connectivity index (χ2n) is 6.73. The molecule has 0 spiro atoms. The molecular formula is C22H25ClN4O. The molecule has 1 aliphatic rings. The zero-order valence-electron chi connectivity index (χ0n) is 15.7. The summed E-state index contributed by atoms with van der Waals surface area (Å²) in [7, 11) is 0. The van der Waals surface area contributed by atoms with Crippen LogP contribution in [0.3, 0.4) is 0 Å². The van der Waals surface area contributed by atoms with E-state index in [-0.39, 0.29) is 12.4 Å². The number of nitrogens with one attached hydrogen (secondary N) is 1. The maximum absolute atomic E-state index is 5.93.